The van der Waals surface area contributed by atoms with Crippen LogP contribution in [0.3, 0.4) is 0 Å². The number of ether oxygens (including phenoxy) is 2. The predicted octanol–water partition coefficient (Wildman–Crippen LogP) is -0.452. The van der Waals surface area contributed by atoms with Gasteiger partial charge in [-0.15, -0.1) is 0 Å². The lowest BCUT2D eigenvalue weighted by molar-refractivity contribution is -0.151. The first kappa shape index (κ1) is 42.2. The van der Waals surface area contributed by atoms with E-state index in [0.717, 1.165) is 5.56 Å². The van der Waals surface area contributed by atoms with E-state index in [9.17, 15) is 58.5 Å². The van der Waals surface area contributed by atoms with Crippen molar-refractivity contribution in [2.45, 2.75) is 76.5 Å². The number of epoxide rings is 1. The molecule has 6 amide bonds. The molecule has 56 heavy (non-hydrogen) atoms. The summed E-state index contributed by atoms with van der Waals surface area (Å²) in [6.45, 7) is 2.04. The van der Waals surface area contributed by atoms with Crippen molar-refractivity contribution >= 4 is 59.2 Å². The first-order valence-corrected chi connectivity index (χ1v) is 17.5. The number of carbonyl (C=O) groups excluding carboxylic acids is 6. The van der Waals surface area contributed by atoms with Crippen LogP contribution in [0.4, 0.5) is 10.5 Å². The number of anilines is 1. The molecule has 2 aliphatic rings. The van der Waals surface area contributed by atoms with Crippen molar-refractivity contribution in [1.29, 1.82) is 0 Å². The molecule has 2 aromatic rings. The lowest BCUT2D eigenvalue weighted by atomic mass is 10.0. The Morgan fingerprint density at radius 2 is 1.46 bits per heavy atom. The number of carbonyl (C=O) groups is 9. The van der Waals surface area contributed by atoms with Gasteiger partial charge in [-0.1, -0.05) is 62.4 Å². The molecule has 7 N–H and O–H groups in total. The number of amides is 6. The Morgan fingerprint density at radius 1 is 0.804 bits per heavy atom. The van der Waals surface area contributed by atoms with Crippen LogP contribution in [0.15, 0.2) is 54.6 Å². The first-order valence-electron chi connectivity index (χ1n) is 17.5. The Hall–Kier alpha value is -6.57. The molecule has 2 heterocycles. The molecular formula is C36H42N6O14. The molecule has 4 rings (SSSR count). The summed E-state index contributed by atoms with van der Waals surface area (Å²) in [6, 6.07) is 10.6. The third kappa shape index (κ3) is 11.7. The van der Waals surface area contributed by atoms with E-state index in [2.05, 4.69) is 21.4 Å². The van der Waals surface area contributed by atoms with Crippen LogP contribution in [0.1, 0.15) is 44.2 Å². The van der Waals surface area contributed by atoms with E-state index >= 15 is 0 Å². The molecule has 0 spiro atoms. The monoisotopic (exact) mass is 782 g/mol. The molecule has 0 bridgehead atoms. The minimum Gasteiger partial charge on any atom is -0.481 e. The fourth-order valence-corrected chi connectivity index (χ4v) is 5.76. The number of fused-ring (bicyclic) bond motifs is 1. The van der Waals surface area contributed by atoms with Crippen LogP contribution >= 0.6 is 0 Å². The quantitative estimate of drug-likeness (QED) is 0.0745. The fourth-order valence-electron chi connectivity index (χ4n) is 5.76. The largest absolute Gasteiger partial charge is 0.481 e. The number of hydrogen-bond acceptors (Lipinski definition) is 11. The van der Waals surface area contributed by atoms with E-state index in [-0.39, 0.29) is 6.61 Å². The van der Waals surface area contributed by atoms with E-state index in [0.29, 0.717) is 29.2 Å². The van der Waals surface area contributed by atoms with E-state index < -0.39 is 116 Å². The zero-order valence-electron chi connectivity index (χ0n) is 30.3. The zero-order valence-corrected chi connectivity index (χ0v) is 30.3. The molecule has 1 fully saturated rings. The van der Waals surface area contributed by atoms with Crippen molar-refractivity contribution in [3.63, 3.8) is 0 Å². The number of hydrogen-bond donors (Lipinski definition) is 7. The third-order valence-electron chi connectivity index (χ3n) is 8.66. The standard InChI is InChI=1S/C36H42N6O14/c1-19(2)28(33(51)40-42(17-27(47)48)35(53)30-29(56-30)34(52)41-15-14-21-10-6-7-11-24(21)41)39-31(49)22(12-13-25(43)44)37-32(50)23(16-26(45)46)38-36(54)55-18-20-8-4-3-5-9-20/h3-11,19,22-23,28-30H,12-18H2,1-2H3,(H,37,50)(H,38,54)(H,39,49)(H,40,51)(H,43,44)(H,45,46)(H,47,48). The number of carboxylic acid groups (broad SMARTS) is 3. The van der Waals surface area contributed by atoms with Crippen LogP contribution in [-0.2, 0) is 60.9 Å². The SMILES string of the molecule is CC(C)C(NC(=O)C(CCC(=O)O)NC(=O)C(CC(=O)O)NC(=O)OCc1ccccc1)C(=O)NN(CC(=O)O)C(=O)C1OC1C(=O)N1CCc2ccccc21. The predicted molar refractivity (Wildman–Crippen MR) is 190 cm³/mol. The van der Waals surface area contributed by atoms with Crippen molar-refractivity contribution in [3.8, 4) is 0 Å². The van der Waals surface area contributed by atoms with E-state index in [1.165, 1.54) is 18.7 Å². The summed E-state index contributed by atoms with van der Waals surface area (Å²) in [4.78, 5) is 115. The first-order chi connectivity index (χ1) is 26.5. The summed E-state index contributed by atoms with van der Waals surface area (Å²) in [5, 5.41) is 35.3. The molecule has 0 radical (unpaired) electrons. The Balaban J connectivity index is 1.42. The molecule has 0 aromatic heterocycles. The smallest absolute Gasteiger partial charge is 0.408 e. The van der Waals surface area contributed by atoms with Crippen LogP contribution in [0.25, 0.3) is 0 Å². The molecule has 20 heteroatoms. The Morgan fingerprint density at radius 3 is 2.11 bits per heavy atom. The van der Waals surface area contributed by atoms with Gasteiger partial charge in [-0.25, -0.2) is 9.80 Å². The van der Waals surface area contributed by atoms with Gasteiger partial charge in [0.15, 0.2) is 12.2 Å². The number of carboxylic acids is 3. The minimum atomic E-state index is -1.78. The normalized spacial score (nSPS) is 16.9. The van der Waals surface area contributed by atoms with Crippen LogP contribution in [0.2, 0.25) is 0 Å². The number of alkyl carbamates (subject to hydrolysis) is 1. The summed E-state index contributed by atoms with van der Waals surface area (Å²) in [5.41, 5.74) is 4.32. The number of benzene rings is 2. The van der Waals surface area contributed by atoms with Gasteiger partial charge in [-0.3, -0.25) is 43.8 Å². The molecule has 2 aliphatic heterocycles. The second-order valence-corrected chi connectivity index (χ2v) is 13.2. The highest BCUT2D eigenvalue weighted by molar-refractivity contribution is 6.05. The molecule has 2 aromatic carbocycles. The maximum atomic E-state index is 13.5. The number of hydrazine groups is 1. The molecule has 0 aliphatic carbocycles. The van der Waals surface area contributed by atoms with Crippen LogP contribution < -0.4 is 26.3 Å². The van der Waals surface area contributed by atoms with Gasteiger partial charge in [0.25, 0.3) is 17.7 Å². The van der Waals surface area contributed by atoms with Gasteiger partial charge in [0, 0.05) is 18.7 Å². The number of aliphatic carboxylic acids is 3. The minimum absolute atomic E-state index is 0.216. The van der Waals surface area contributed by atoms with Crippen molar-refractivity contribution < 1.29 is 67.9 Å². The summed E-state index contributed by atoms with van der Waals surface area (Å²) in [5.74, 6) is -10.1. The van der Waals surface area contributed by atoms with E-state index in [1.807, 2.05) is 12.1 Å². The lowest BCUT2D eigenvalue weighted by Crippen LogP contribution is -2.60. The highest BCUT2D eigenvalue weighted by atomic mass is 16.6. The van der Waals surface area contributed by atoms with Crippen molar-refractivity contribution in [3.05, 3.63) is 65.7 Å². The van der Waals surface area contributed by atoms with Gasteiger partial charge in [0.05, 0.1) is 6.42 Å². The Labute approximate surface area is 319 Å². The molecule has 0 saturated carbocycles. The van der Waals surface area contributed by atoms with Gasteiger partial charge in [-0.05, 0) is 36.0 Å². The van der Waals surface area contributed by atoms with Gasteiger partial charge in [0.2, 0.25) is 11.8 Å². The van der Waals surface area contributed by atoms with E-state index in [4.69, 9.17) is 9.47 Å². The number of nitrogens with one attached hydrogen (secondary N) is 4. The maximum Gasteiger partial charge on any atom is 0.408 e. The zero-order chi connectivity index (χ0) is 41.1. The van der Waals surface area contributed by atoms with Crippen molar-refractivity contribution in [2.24, 2.45) is 5.92 Å². The molecule has 1 saturated heterocycles. The van der Waals surface area contributed by atoms with Gasteiger partial charge in [0.1, 0.15) is 31.3 Å². The van der Waals surface area contributed by atoms with Gasteiger partial charge >= 0.3 is 24.0 Å². The van der Waals surface area contributed by atoms with Crippen molar-refractivity contribution in [1.82, 2.24) is 26.4 Å². The van der Waals surface area contributed by atoms with Gasteiger partial charge < -0.3 is 45.6 Å². The van der Waals surface area contributed by atoms with Crippen molar-refractivity contribution in [2.75, 3.05) is 18.0 Å². The average Bonchev–Trinajstić information content (AvgIpc) is 3.83. The molecular weight excluding hydrogens is 740 g/mol. The molecule has 5 unspecified atom stereocenters. The topological polar surface area (TPSA) is 291 Å². The second kappa shape index (κ2) is 19.1. The molecule has 300 valence electrons. The van der Waals surface area contributed by atoms with E-state index in [1.54, 1.807) is 42.5 Å². The molecule has 5 atom stereocenters. The number of nitrogens with zero attached hydrogens (tertiary/aromatic N) is 2. The second-order valence-electron chi connectivity index (χ2n) is 13.2. The number of para-hydroxylation sites is 1. The summed E-state index contributed by atoms with van der Waals surface area (Å²) in [7, 11) is 0. The summed E-state index contributed by atoms with van der Waals surface area (Å²) in [6.07, 6.45) is -5.40. The molecule has 20 nitrogen and oxygen atoms in total. The van der Waals surface area contributed by atoms with Crippen LogP contribution in [-0.4, -0.2) is 117 Å². The third-order valence-corrected chi connectivity index (χ3v) is 8.66. The Bertz CT molecular complexity index is 1840. The van der Waals surface area contributed by atoms with Crippen LogP contribution in [0.5, 0.6) is 0 Å². The summed E-state index contributed by atoms with van der Waals surface area (Å²) < 4.78 is 10.4. The van der Waals surface area contributed by atoms with Crippen LogP contribution in [0, 0.1) is 5.92 Å². The highest BCUT2D eigenvalue weighted by Crippen LogP contribution is 2.33. The summed E-state index contributed by atoms with van der Waals surface area (Å²) >= 11 is 0. The highest BCUT2D eigenvalue weighted by Gasteiger charge is 2.54. The number of rotatable bonds is 18. The average molecular weight is 783 g/mol. The Kier molecular flexibility index (Phi) is 14.4. The maximum absolute atomic E-state index is 13.5. The lowest BCUT2D eigenvalue weighted by Gasteiger charge is -2.28. The fraction of sp³-hybridized carbons (Fsp3) is 0.417. The van der Waals surface area contributed by atoms with Gasteiger partial charge in [-0.2, -0.15) is 0 Å².